The van der Waals surface area contributed by atoms with Crippen molar-refractivity contribution < 1.29 is 9.47 Å². The van der Waals surface area contributed by atoms with Crippen LogP contribution >= 0.6 is 11.6 Å². The van der Waals surface area contributed by atoms with Crippen molar-refractivity contribution in [2.75, 3.05) is 20.3 Å². The van der Waals surface area contributed by atoms with Crippen LogP contribution in [0.3, 0.4) is 0 Å². The first-order chi connectivity index (χ1) is 7.11. The topological polar surface area (TPSA) is 44.5 Å². The van der Waals surface area contributed by atoms with Gasteiger partial charge in [0.15, 0.2) is 11.5 Å². The van der Waals surface area contributed by atoms with Gasteiger partial charge in [-0.2, -0.15) is 0 Å². The van der Waals surface area contributed by atoms with Crippen molar-refractivity contribution in [3.8, 4) is 11.5 Å². The van der Waals surface area contributed by atoms with Crippen LogP contribution in [0.1, 0.15) is 11.1 Å². The molecule has 2 N–H and O–H groups in total. The lowest BCUT2D eigenvalue weighted by atomic mass is 10.1. The van der Waals surface area contributed by atoms with Crippen molar-refractivity contribution >= 4 is 11.6 Å². The lowest BCUT2D eigenvalue weighted by molar-refractivity contribution is 0.301. The molecule has 0 saturated carbocycles. The number of benzene rings is 1. The Kier molecular flexibility index (Phi) is 4.24. The molecule has 0 aliphatic carbocycles. The van der Waals surface area contributed by atoms with E-state index >= 15 is 0 Å². The minimum absolute atomic E-state index is 0.469. The standard InChI is InChI=1S/C11H16ClNO2/c1-7-6-9(15-5-4-13)11(14-3)8(2)10(7)12/h6H,4-5,13H2,1-3H3. The average molecular weight is 230 g/mol. The second-order valence-corrected chi connectivity index (χ2v) is 3.68. The van der Waals surface area contributed by atoms with Gasteiger partial charge < -0.3 is 15.2 Å². The van der Waals surface area contributed by atoms with E-state index in [-0.39, 0.29) is 0 Å². The van der Waals surface area contributed by atoms with Crippen molar-refractivity contribution in [2.24, 2.45) is 5.73 Å². The van der Waals surface area contributed by atoms with E-state index in [1.54, 1.807) is 7.11 Å². The van der Waals surface area contributed by atoms with Gasteiger partial charge >= 0.3 is 0 Å². The molecule has 0 amide bonds. The zero-order valence-corrected chi connectivity index (χ0v) is 10.0. The Morgan fingerprint density at radius 1 is 1.40 bits per heavy atom. The van der Waals surface area contributed by atoms with Crippen molar-refractivity contribution in [3.05, 3.63) is 22.2 Å². The highest BCUT2D eigenvalue weighted by Crippen LogP contribution is 2.37. The molecule has 0 aliphatic heterocycles. The first kappa shape index (κ1) is 12.1. The number of nitrogens with two attached hydrogens (primary N) is 1. The minimum Gasteiger partial charge on any atom is -0.493 e. The molecule has 0 fully saturated rings. The molecule has 1 aromatic rings. The van der Waals surface area contributed by atoms with Crippen LogP contribution in [0.4, 0.5) is 0 Å². The van der Waals surface area contributed by atoms with E-state index in [9.17, 15) is 0 Å². The SMILES string of the molecule is COc1c(OCCN)cc(C)c(Cl)c1C. The molecule has 0 aliphatic rings. The van der Waals surface area contributed by atoms with E-state index in [4.69, 9.17) is 26.8 Å². The number of halogens is 1. The van der Waals surface area contributed by atoms with E-state index in [1.807, 2.05) is 19.9 Å². The zero-order valence-electron chi connectivity index (χ0n) is 9.26. The van der Waals surface area contributed by atoms with Gasteiger partial charge in [-0.05, 0) is 25.5 Å². The number of methoxy groups -OCH3 is 1. The molecule has 3 nitrogen and oxygen atoms in total. The van der Waals surface area contributed by atoms with Crippen LogP contribution in [0.15, 0.2) is 6.07 Å². The molecule has 0 spiro atoms. The third-order valence-electron chi connectivity index (χ3n) is 2.17. The van der Waals surface area contributed by atoms with Crippen LogP contribution < -0.4 is 15.2 Å². The Bertz CT molecular complexity index is 353. The summed E-state index contributed by atoms with van der Waals surface area (Å²) < 4.78 is 10.7. The highest BCUT2D eigenvalue weighted by molar-refractivity contribution is 6.32. The fraction of sp³-hybridized carbons (Fsp3) is 0.455. The summed E-state index contributed by atoms with van der Waals surface area (Å²) in [7, 11) is 1.60. The molecule has 4 heteroatoms. The van der Waals surface area contributed by atoms with Gasteiger partial charge in [0.05, 0.1) is 12.1 Å². The Balaban J connectivity index is 3.13. The van der Waals surface area contributed by atoms with Gasteiger partial charge in [0.1, 0.15) is 6.61 Å². The van der Waals surface area contributed by atoms with Crippen LogP contribution in [0.5, 0.6) is 11.5 Å². The van der Waals surface area contributed by atoms with Gasteiger partial charge in [0, 0.05) is 12.1 Å². The second-order valence-electron chi connectivity index (χ2n) is 3.30. The summed E-state index contributed by atoms with van der Waals surface area (Å²) >= 11 is 6.11. The van der Waals surface area contributed by atoms with Gasteiger partial charge in [0.25, 0.3) is 0 Å². The van der Waals surface area contributed by atoms with Crippen molar-refractivity contribution in [1.29, 1.82) is 0 Å². The maximum atomic E-state index is 6.11. The summed E-state index contributed by atoms with van der Waals surface area (Å²) in [6.45, 7) is 4.79. The summed E-state index contributed by atoms with van der Waals surface area (Å²) in [5.74, 6) is 1.38. The zero-order chi connectivity index (χ0) is 11.4. The fourth-order valence-corrected chi connectivity index (χ4v) is 1.58. The van der Waals surface area contributed by atoms with Crippen LogP contribution in [0, 0.1) is 13.8 Å². The number of rotatable bonds is 4. The fourth-order valence-electron chi connectivity index (χ4n) is 1.44. The second kappa shape index (κ2) is 5.24. The molecular weight excluding hydrogens is 214 g/mol. The Hall–Kier alpha value is -0.930. The predicted octanol–water partition coefficient (Wildman–Crippen LogP) is 2.30. The molecule has 1 rings (SSSR count). The summed E-state index contributed by atoms with van der Waals surface area (Å²) in [4.78, 5) is 0. The number of hydrogen-bond donors (Lipinski definition) is 1. The Labute approximate surface area is 95.1 Å². The summed E-state index contributed by atoms with van der Waals surface area (Å²) in [6.07, 6.45) is 0. The predicted molar refractivity (Wildman–Crippen MR) is 62.0 cm³/mol. The van der Waals surface area contributed by atoms with Gasteiger partial charge in [-0.3, -0.25) is 0 Å². The van der Waals surface area contributed by atoms with Gasteiger partial charge in [-0.25, -0.2) is 0 Å². The van der Waals surface area contributed by atoms with E-state index in [0.717, 1.165) is 11.1 Å². The Morgan fingerprint density at radius 3 is 2.60 bits per heavy atom. The summed E-state index contributed by atoms with van der Waals surface area (Å²) in [5.41, 5.74) is 7.25. The highest BCUT2D eigenvalue weighted by atomic mass is 35.5. The maximum absolute atomic E-state index is 6.11. The normalized spacial score (nSPS) is 10.2. The van der Waals surface area contributed by atoms with Crippen LogP contribution in [-0.4, -0.2) is 20.3 Å². The lowest BCUT2D eigenvalue weighted by Crippen LogP contribution is -2.11. The van der Waals surface area contributed by atoms with Crippen LogP contribution in [0.25, 0.3) is 0 Å². The summed E-state index contributed by atoms with van der Waals surface area (Å²) in [5, 5.41) is 0.715. The first-order valence-corrected chi connectivity index (χ1v) is 5.16. The molecule has 0 aromatic heterocycles. The molecule has 15 heavy (non-hydrogen) atoms. The van der Waals surface area contributed by atoms with Gasteiger partial charge in [-0.15, -0.1) is 0 Å². The van der Waals surface area contributed by atoms with E-state index in [1.165, 1.54) is 0 Å². The first-order valence-electron chi connectivity index (χ1n) is 4.78. The summed E-state index contributed by atoms with van der Waals surface area (Å²) in [6, 6.07) is 1.86. The Morgan fingerprint density at radius 2 is 2.07 bits per heavy atom. The van der Waals surface area contributed by atoms with Gasteiger partial charge in [-0.1, -0.05) is 11.6 Å². The average Bonchev–Trinajstić information content (AvgIpc) is 2.23. The highest BCUT2D eigenvalue weighted by Gasteiger charge is 2.13. The molecule has 0 radical (unpaired) electrons. The third-order valence-corrected chi connectivity index (χ3v) is 2.75. The third kappa shape index (κ3) is 2.55. The monoisotopic (exact) mass is 229 g/mol. The van der Waals surface area contributed by atoms with Crippen LogP contribution in [-0.2, 0) is 0 Å². The van der Waals surface area contributed by atoms with Crippen molar-refractivity contribution in [2.45, 2.75) is 13.8 Å². The molecule has 0 atom stereocenters. The van der Waals surface area contributed by atoms with Crippen LogP contribution in [0.2, 0.25) is 5.02 Å². The number of hydrogen-bond acceptors (Lipinski definition) is 3. The molecule has 0 unspecified atom stereocenters. The maximum Gasteiger partial charge on any atom is 0.165 e. The van der Waals surface area contributed by atoms with Crippen molar-refractivity contribution in [3.63, 3.8) is 0 Å². The number of ether oxygens (including phenoxy) is 2. The van der Waals surface area contributed by atoms with Crippen molar-refractivity contribution in [1.82, 2.24) is 0 Å². The number of aryl methyl sites for hydroxylation is 1. The molecule has 1 aromatic carbocycles. The molecule has 0 bridgehead atoms. The molecule has 84 valence electrons. The molecule has 0 heterocycles. The molecule has 0 saturated heterocycles. The van der Waals surface area contributed by atoms with E-state index < -0.39 is 0 Å². The quantitative estimate of drug-likeness (QED) is 0.862. The van der Waals surface area contributed by atoms with E-state index in [2.05, 4.69) is 0 Å². The van der Waals surface area contributed by atoms with Gasteiger partial charge in [0.2, 0.25) is 0 Å². The largest absolute Gasteiger partial charge is 0.493 e. The molecular formula is C11H16ClNO2. The lowest BCUT2D eigenvalue weighted by Gasteiger charge is -2.15. The van der Waals surface area contributed by atoms with E-state index in [0.29, 0.717) is 29.7 Å². The minimum atomic E-state index is 0.469. The smallest absolute Gasteiger partial charge is 0.165 e.